The molecule has 0 amide bonds. The van der Waals surface area contributed by atoms with E-state index in [1.807, 2.05) is 0 Å². The fourth-order valence-electron chi connectivity index (χ4n) is 2.03. The van der Waals surface area contributed by atoms with Crippen LogP contribution in [0.4, 0.5) is 32.0 Å². The highest BCUT2D eigenvalue weighted by molar-refractivity contribution is 7.80. The van der Waals surface area contributed by atoms with E-state index in [-0.39, 0.29) is 16.9 Å². The van der Waals surface area contributed by atoms with Crippen LogP contribution in [0.2, 0.25) is 0 Å². The van der Waals surface area contributed by atoms with Crippen molar-refractivity contribution in [2.24, 2.45) is 5.73 Å². The average Bonchev–Trinajstić information content (AvgIpc) is 2.48. The summed E-state index contributed by atoms with van der Waals surface area (Å²) in [6.45, 7) is 1.06. The summed E-state index contributed by atoms with van der Waals surface area (Å²) in [6.07, 6.45) is -6.29. The summed E-state index contributed by atoms with van der Waals surface area (Å²) in [5.41, 5.74) is 2.20. The van der Waals surface area contributed by atoms with Gasteiger partial charge in [0.05, 0.1) is 11.1 Å². The van der Waals surface area contributed by atoms with E-state index in [0.717, 1.165) is 25.7 Å². The number of alkyl halides is 6. The van der Waals surface area contributed by atoms with Crippen LogP contribution < -0.4 is 16.4 Å². The lowest BCUT2D eigenvalue weighted by Gasteiger charge is -2.16. The summed E-state index contributed by atoms with van der Waals surface area (Å²) in [5.74, 6) is 0. The van der Waals surface area contributed by atoms with Gasteiger partial charge in [0.25, 0.3) is 0 Å². The van der Waals surface area contributed by atoms with Gasteiger partial charge < -0.3 is 16.4 Å². The number of thiocarbonyl (C=S) groups is 1. The van der Waals surface area contributed by atoms with Gasteiger partial charge in [0.1, 0.15) is 0 Å². The fourth-order valence-corrected chi connectivity index (χ4v) is 2.25. The molecule has 0 heterocycles. The second-order valence-corrected chi connectivity index (χ2v) is 5.79. The van der Waals surface area contributed by atoms with Crippen molar-refractivity contribution in [1.82, 2.24) is 5.32 Å². The summed E-state index contributed by atoms with van der Waals surface area (Å²) < 4.78 is 76.6. The van der Waals surface area contributed by atoms with Gasteiger partial charge in [-0.1, -0.05) is 12.8 Å². The summed E-state index contributed by atoms with van der Waals surface area (Å²) in [7, 11) is 0. The fraction of sp³-hybridized carbons (Fsp3) is 0.533. The van der Waals surface area contributed by atoms with Gasteiger partial charge in [0.15, 0.2) is 5.11 Å². The number of hydrogen-bond donors (Lipinski definition) is 3. The van der Waals surface area contributed by atoms with Crippen LogP contribution in [0.15, 0.2) is 18.2 Å². The molecule has 0 radical (unpaired) electrons. The minimum Gasteiger partial charge on any atom is -0.362 e. The minimum atomic E-state index is -4.89. The Balaban J connectivity index is 2.72. The molecule has 0 bridgehead atoms. The molecule has 0 aliphatic heterocycles. The number of halogens is 6. The highest BCUT2D eigenvalue weighted by Crippen LogP contribution is 2.37. The summed E-state index contributed by atoms with van der Waals surface area (Å²) in [5, 5.41) is 5.08. The number of anilines is 1. The number of nitrogens with two attached hydrogens (primary N) is 1. The molecular weight excluding hydrogens is 368 g/mol. The maximum atomic E-state index is 12.8. The SMILES string of the molecule is NCCCCCCNC(=S)Nc1cc(C(F)(F)F)cc(C(F)(F)F)c1. The van der Waals surface area contributed by atoms with Gasteiger partial charge in [-0.3, -0.25) is 0 Å². The van der Waals surface area contributed by atoms with Gasteiger partial charge in [-0.2, -0.15) is 26.3 Å². The first kappa shape index (κ1) is 21.5. The molecule has 0 aliphatic carbocycles. The monoisotopic (exact) mass is 387 g/mol. The van der Waals surface area contributed by atoms with Crippen molar-refractivity contribution < 1.29 is 26.3 Å². The number of benzene rings is 1. The number of hydrogen-bond acceptors (Lipinski definition) is 2. The Bertz CT molecular complexity index is 539. The highest BCUT2D eigenvalue weighted by Gasteiger charge is 2.36. The first-order valence-electron chi connectivity index (χ1n) is 7.58. The molecule has 0 saturated heterocycles. The standard InChI is InChI=1S/C15H19F6N3S/c16-14(17,18)10-7-11(15(19,20)21)9-12(8-10)24-13(25)23-6-4-2-1-3-5-22/h7-9H,1-6,22H2,(H2,23,24,25). The highest BCUT2D eigenvalue weighted by atomic mass is 32.1. The first-order chi connectivity index (χ1) is 11.5. The molecule has 3 nitrogen and oxygen atoms in total. The van der Waals surface area contributed by atoms with Gasteiger partial charge >= 0.3 is 12.4 Å². The van der Waals surface area contributed by atoms with Crippen molar-refractivity contribution in [3.8, 4) is 0 Å². The molecule has 1 aromatic carbocycles. The Labute approximate surface area is 147 Å². The predicted molar refractivity (Wildman–Crippen MR) is 88.2 cm³/mol. The first-order valence-corrected chi connectivity index (χ1v) is 7.99. The number of unbranched alkanes of at least 4 members (excludes halogenated alkanes) is 3. The van der Waals surface area contributed by atoms with E-state index < -0.39 is 23.5 Å². The lowest BCUT2D eigenvalue weighted by molar-refractivity contribution is -0.143. The molecule has 0 saturated carbocycles. The normalized spacial score (nSPS) is 12.1. The van der Waals surface area contributed by atoms with Crippen LogP contribution >= 0.6 is 12.2 Å². The minimum absolute atomic E-state index is 0.0359. The van der Waals surface area contributed by atoms with E-state index in [1.54, 1.807) is 0 Å². The smallest absolute Gasteiger partial charge is 0.362 e. The third-order valence-corrected chi connectivity index (χ3v) is 3.51. The maximum Gasteiger partial charge on any atom is 0.416 e. The quantitative estimate of drug-likeness (QED) is 0.366. The number of rotatable bonds is 7. The van der Waals surface area contributed by atoms with Crippen molar-refractivity contribution in [2.75, 3.05) is 18.4 Å². The van der Waals surface area contributed by atoms with E-state index in [0.29, 0.717) is 25.2 Å². The summed E-state index contributed by atoms with van der Waals surface area (Å²) in [6, 6.07) is 1.24. The van der Waals surface area contributed by atoms with Gasteiger partial charge in [0.2, 0.25) is 0 Å². The van der Waals surface area contributed by atoms with Gasteiger partial charge in [-0.25, -0.2) is 0 Å². The average molecular weight is 387 g/mol. The molecule has 25 heavy (non-hydrogen) atoms. The van der Waals surface area contributed by atoms with Crippen molar-refractivity contribution in [3.05, 3.63) is 29.3 Å². The Morgan fingerprint density at radius 2 is 1.40 bits per heavy atom. The lowest BCUT2D eigenvalue weighted by Crippen LogP contribution is -2.29. The Morgan fingerprint density at radius 1 is 0.880 bits per heavy atom. The topological polar surface area (TPSA) is 50.1 Å². The second kappa shape index (κ2) is 9.23. The van der Waals surface area contributed by atoms with Crippen LogP contribution in [-0.2, 0) is 12.4 Å². The zero-order chi connectivity index (χ0) is 19.1. The van der Waals surface area contributed by atoms with E-state index in [9.17, 15) is 26.3 Å². The Kier molecular flexibility index (Phi) is 7.94. The van der Waals surface area contributed by atoms with Crippen molar-refractivity contribution >= 4 is 23.0 Å². The van der Waals surface area contributed by atoms with Crippen LogP contribution in [0.3, 0.4) is 0 Å². The lowest BCUT2D eigenvalue weighted by atomic mass is 10.1. The molecule has 0 spiro atoms. The Hall–Kier alpha value is -1.55. The predicted octanol–water partition coefficient (Wildman–Crippen LogP) is 4.53. The molecule has 1 aromatic rings. The van der Waals surface area contributed by atoms with Gasteiger partial charge in [0, 0.05) is 12.2 Å². The molecule has 0 aliphatic rings. The van der Waals surface area contributed by atoms with Crippen molar-refractivity contribution in [2.45, 2.75) is 38.0 Å². The third kappa shape index (κ3) is 7.91. The molecule has 0 fully saturated rings. The molecule has 1 rings (SSSR count). The van der Waals surface area contributed by atoms with Crippen LogP contribution in [0.1, 0.15) is 36.8 Å². The van der Waals surface area contributed by atoms with Crippen LogP contribution in [0, 0.1) is 0 Å². The van der Waals surface area contributed by atoms with Crippen molar-refractivity contribution in [3.63, 3.8) is 0 Å². The van der Waals surface area contributed by atoms with Crippen LogP contribution in [0.5, 0.6) is 0 Å². The largest absolute Gasteiger partial charge is 0.416 e. The zero-order valence-electron chi connectivity index (χ0n) is 13.2. The molecule has 4 N–H and O–H groups in total. The summed E-state index contributed by atoms with van der Waals surface area (Å²) in [4.78, 5) is 0. The van der Waals surface area contributed by atoms with E-state index in [2.05, 4.69) is 10.6 Å². The van der Waals surface area contributed by atoms with Crippen LogP contribution in [-0.4, -0.2) is 18.2 Å². The summed E-state index contributed by atoms with van der Waals surface area (Å²) >= 11 is 4.91. The van der Waals surface area contributed by atoms with Gasteiger partial charge in [-0.05, 0) is 49.8 Å². The molecule has 142 valence electrons. The molecule has 0 aromatic heterocycles. The third-order valence-electron chi connectivity index (χ3n) is 3.26. The molecular formula is C15H19F6N3S. The zero-order valence-corrected chi connectivity index (χ0v) is 14.0. The van der Waals surface area contributed by atoms with E-state index >= 15 is 0 Å². The van der Waals surface area contributed by atoms with E-state index in [1.165, 1.54) is 0 Å². The Morgan fingerprint density at radius 3 is 1.88 bits per heavy atom. The van der Waals surface area contributed by atoms with Crippen LogP contribution in [0.25, 0.3) is 0 Å². The second-order valence-electron chi connectivity index (χ2n) is 5.38. The maximum absolute atomic E-state index is 12.8. The molecule has 0 unspecified atom stereocenters. The number of nitrogens with one attached hydrogen (secondary N) is 2. The van der Waals surface area contributed by atoms with Gasteiger partial charge in [-0.15, -0.1) is 0 Å². The van der Waals surface area contributed by atoms with E-state index in [4.69, 9.17) is 18.0 Å². The molecule has 0 atom stereocenters. The molecule has 10 heteroatoms. The van der Waals surface area contributed by atoms with Crippen molar-refractivity contribution in [1.29, 1.82) is 0 Å².